The van der Waals surface area contributed by atoms with Crippen molar-refractivity contribution >= 4 is 16.9 Å². The molecule has 1 saturated carbocycles. The van der Waals surface area contributed by atoms with Gasteiger partial charge in [0.2, 0.25) is 0 Å². The van der Waals surface area contributed by atoms with Crippen LogP contribution in [0.4, 0.5) is 5.82 Å². The van der Waals surface area contributed by atoms with E-state index in [-0.39, 0.29) is 0 Å². The number of nitrogens with zero attached hydrogens (tertiary/aromatic N) is 5. The fourth-order valence-electron chi connectivity index (χ4n) is 3.75. The van der Waals surface area contributed by atoms with Crippen LogP contribution in [0.15, 0.2) is 24.3 Å². The molecule has 0 unspecified atom stereocenters. The van der Waals surface area contributed by atoms with Crippen molar-refractivity contribution < 1.29 is 0 Å². The third kappa shape index (κ3) is 2.11. The molecule has 122 valence electrons. The highest BCUT2D eigenvalue weighted by atomic mass is 15.3. The molecule has 0 N–H and O–H groups in total. The second kappa shape index (κ2) is 5.03. The number of anilines is 1. The van der Waals surface area contributed by atoms with Gasteiger partial charge in [-0.15, -0.1) is 0 Å². The zero-order chi connectivity index (χ0) is 16.3. The summed E-state index contributed by atoms with van der Waals surface area (Å²) in [6.07, 6.45) is 3.50. The topological polar surface area (TPSA) is 46.8 Å². The number of rotatable bonds is 2. The molecule has 2 aromatic heterocycles. The molecule has 5 nitrogen and oxygen atoms in total. The summed E-state index contributed by atoms with van der Waals surface area (Å²) in [6.45, 7) is 3.95. The van der Waals surface area contributed by atoms with Gasteiger partial charge in [-0.05, 0) is 37.3 Å². The third-order valence-electron chi connectivity index (χ3n) is 5.22. The van der Waals surface area contributed by atoms with Crippen molar-refractivity contribution in [2.45, 2.75) is 38.6 Å². The largest absolute Gasteiger partial charge is 0.350 e. The monoisotopic (exact) mass is 319 g/mol. The van der Waals surface area contributed by atoms with Crippen molar-refractivity contribution in [1.82, 2.24) is 19.7 Å². The summed E-state index contributed by atoms with van der Waals surface area (Å²) < 4.78 is 1.94. The Bertz CT molecular complexity index is 938. The van der Waals surface area contributed by atoms with Gasteiger partial charge in [0.25, 0.3) is 0 Å². The van der Waals surface area contributed by atoms with Gasteiger partial charge >= 0.3 is 0 Å². The summed E-state index contributed by atoms with van der Waals surface area (Å²) in [5.41, 5.74) is 5.94. The number of hydrogen-bond donors (Lipinski definition) is 0. The van der Waals surface area contributed by atoms with Crippen molar-refractivity contribution in [2.24, 2.45) is 7.05 Å². The SMILES string of the molecule is Cc1nn(C)c2c(N3CCc4ccccc4C3)nc(C3CC3)nc12. The van der Waals surface area contributed by atoms with Crippen LogP contribution in [-0.4, -0.2) is 26.3 Å². The fraction of sp³-hybridized carbons (Fsp3) is 0.421. The van der Waals surface area contributed by atoms with Gasteiger partial charge < -0.3 is 4.90 Å². The standard InChI is InChI=1S/C19H21N5/c1-12-16-17(23(2)22-12)19(21-18(20-16)14-7-8-14)24-10-9-13-5-3-4-6-15(13)11-24/h3-6,14H,7-11H2,1-2H3. The van der Waals surface area contributed by atoms with Crippen molar-refractivity contribution in [2.75, 3.05) is 11.4 Å². The van der Waals surface area contributed by atoms with Crippen LogP contribution < -0.4 is 4.90 Å². The lowest BCUT2D eigenvalue weighted by atomic mass is 10.00. The Hall–Kier alpha value is -2.43. The Kier molecular flexibility index (Phi) is 2.93. The Labute approximate surface area is 141 Å². The third-order valence-corrected chi connectivity index (χ3v) is 5.22. The molecule has 2 aliphatic rings. The summed E-state index contributed by atoms with van der Waals surface area (Å²) in [5.74, 6) is 2.61. The first kappa shape index (κ1) is 14.0. The van der Waals surface area contributed by atoms with E-state index in [9.17, 15) is 0 Å². The highest BCUT2D eigenvalue weighted by Crippen LogP contribution is 2.40. The number of fused-ring (bicyclic) bond motifs is 2. The van der Waals surface area contributed by atoms with Gasteiger partial charge in [0, 0.05) is 26.1 Å². The van der Waals surface area contributed by atoms with Crippen molar-refractivity contribution in [1.29, 1.82) is 0 Å². The first-order chi connectivity index (χ1) is 11.7. The molecule has 5 heteroatoms. The van der Waals surface area contributed by atoms with E-state index in [0.29, 0.717) is 5.92 Å². The Morgan fingerprint density at radius 3 is 2.67 bits per heavy atom. The summed E-state index contributed by atoms with van der Waals surface area (Å²) in [7, 11) is 2.00. The van der Waals surface area contributed by atoms with Crippen LogP contribution >= 0.6 is 0 Å². The maximum Gasteiger partial charge on any atom is 0.158 e. The molecule has 1 aliphatic heterocycles. The molecule has 24 heavy (non-hydrogen) atoms. The summed E-state index contributed by atoms with van der Waals surface area (Å²) in [5, 5.41) is 4.60. The lowest BCUT2D eigenvalue weighted by molar-refractivity contribution is 0.710. The molecule has 3 aromatic rings. The van der Waals surface area contributed by atoms with Gasteiger partial charge in [0.15, 0.2) is 5.82 Å². The van der Waals surface area contributed by atoms with Crippen LogP contribution in [-0.2, 0) is 20.0 Å². The van der Waals surface area contributed by atoms with E-state index >= 15 is 0 Å². The van der Waals surface area contributed by atoms with Crippen LogP contribution in [0.2, 0.25) is 0 Å². The normalized spacial score (nSPS) is 17.3. The van der Waals surface area contributed by atoms with Gasteiger partial charge in [-0.3, -0.25) is 4.68 Å². The van der Waals surface area contributed by atoms with E-state index in [4.69, 9.17) is 9.97 Å². The van der Waals surface area contributed by atoms with E-state index in [1.54, 1.807) is 0 Å². The Morgan fingerprint density at radius 2 is 1.88 bits per heavy atom. The lowest BCUT2D eigenvalue weighted by Crippen LogP contribution is -2.31. The molecule has 0 radical (unpaired) electrons. The number of hydrogen-bond acceptors (Lipinski definition) is 4. The average Bonchev–Trinajstić information content (AvgIpc) is 3.41. The van der Waals surface area contributed by atoms with Gasteiger partial charge in [0.1, 0.15) is 16.9 Å². The Morgan fingerprint density at radius 1 is 1.08 bits per heavy atom. The highest BCUT2D eigenvalue weighted by molar-refractivity contribution is 5.88. The summed E-state index contributed by atoms with van der Waals surface area (Å²) in [4.78, 5) is 12.2. The first-order valence-electron chi connectivity index (χ1n) is 8.73. The molecule has 1 aromatic carbocycles. The lowest BCUT2D eigenvalue weighted by Gasteiger charge is -2.30. The van der Waals surface area contributed by atoms with Crippen molar-refractivity contribution in [3.63, 3.8) is 0 Å². The molecule has 0 atom stereocenters. The summed E-state index contributed by atoms with van der Waals surface area (Å²) >= 11 is 0. The predicted molar refractivity (Wildman–Crippen MR) is 94.2 cm³/mol. The number of aromatic nitrogens is 4. The Balaban J connectivity index is 1.66. The van der Waals surface area contributed by atoms with E-state index in [1.807, 2.05) is 18.7 Å². The van der Waals surface area contributed by atoms with E-state index in [2.05, 4.69) is 34.3 Å². The maximum absolute atomic E-state index is 4.99. The molecule has 0 bridgehead atoms. The molecule has 1 fully saturated rings. The van der Waals surface area contributed by atoms with Crippen LogP contribution in [0.1, 0.15) is 41.4 Å². The van der Waals surface area contributed by atoms with Gasteiger partial charge in [0.05, 0.1) is 5.69 Å². The maximum atomic E-state index is 4.99. The molecule has 0 amide bonds. The second-order valence-electron chi connectivity index (χ2n) is 7.03. The molecule has 0 saturated heterocycles. The zero-order valence-corrected chi connectivity index (χ0v) is 14.2. The van der Waals surface area contributed by atoms with E-state index < -0.39 is 0 Å². The van der Waals surface area contributed by atoms with E-state index in [0.717, 1.165) is 47.9 Å². The molecule has 3 heterocycles. The minimum Gasteiger partial charge on any atom is -0.350 e. The average molecular weight is 319 g/mol. The van der Waals surface area contributed by atoms with Crippen molar-refractivity contribution in [3.8, 4) is 0 Å². The van der Waals surface area contributed by atoms with Crippen LogP contribution in [0.5, 0.6) is 0 Å². The minimum absolute atomic E-state index is 0.546. The summed E-state index contributed by atoms with van der Waals surface area (Å²) in [6, 6.07) is 8.73. The predicted octanol–water partition coefficient (Wildman–Crippen LogP) is 3.11. The molecule has 1 aliphatic carbocycles. The number of aryl methyl sites for hydroxylation is 2. The highest BCUT2D eigenvalue weighted by Gasteiger charge is 2.30. The molecular formula is C19H21N5. The minimum atomic E-state index is 0.546. The zero-order valence-electron chi connectivity index (χ0n) is 14.2. The van der Waals surface area contributed by atoms with Crippen molar-refractivity contribution in [3.05, 3.63) is 46.9 Å². The van der Waals surface area contributed by atoms with Crippen LogP contribution in [0.3, 0.4) is 0 Å². The van der Waals surface area contributed by atoms with E-state index in [1.165, 1.54) is 24.0 Å². The first-order valence-corrected chi connectivity index (χ1v) is 8.73. The molecule has 0 spiro atoms. The smallest absolute Gasteiger partial charge is 0.158 e. The van der Waals surface area contributed by atoms with Crippen LogP contribution in [0, 0.1) is 6.92 Å². The van der Waals surface area contributed by atoms with Gasteiger partial charge in [-0.25, -0.2) is 9.97 Å². The molecular weight excluding hydrogens is 298 g/mol. The fourth-order valence-corrected chi connectivity index (χ4v) is 3.75. The molecule has 5 rings (SSSR count). The van der Waals surface area contributed by atoms with Gasteiger partial charge in [-0.1, -0.05) is 24.3 Å². The quantitative estimate of drug-likeness (QED) is 0.728. The second-order valence-corrected chi connectivity index (χ2v) is 7.03. The van der Waals surface area contributed by atoms with Crippen LogP contribution in [0.25, 0.3) is 11.0 Å². The van der Waals surface area contributed by atoms with Gasteiger partial charge in [-0.2, -0.15) is 5.10 Å². The number of benzene rings is 1.